The van der Waals surface area contributed by atoms with E-state index in [1.807, 2.05) is 36.4 Å². The number of nitrogens with zero attached hydrogens (tertiary/aromatic N) is 3. The number of fused-ring (bicyclic) bond motifs is 1. The van der Waals surface area contributed by atoms with E-state index >= 15 is 0 Å². The first kappa shape index (κ1) is 15.6. The van der Waals surface area contributed by atoms with Gasteiger partial charge in [-0.2, -0.15) is 5.26 Å². The van der Waals surface area contributed by atoms with E-state index in [9.17, 15) is 5.11 Å². The fourth-order valence-corrected chi connectivity index (χ4v) is 2.79. The molecular weight excluding hydrogens is 324 g/mol. The van der Waals surface area contributed by atoms with Crippen LogP contribution in [0.5, 0.6) is 5.88 Å². The highest BCUT2D eigenvalue weighted by Gasteiger charge is 2.11. The third-order valence-corrected chi connectivity index (χ3v) is 4.09. The van der Waals surface area contributed by atoms with Crippen molar-refractivity contribution < 1.29 is 5.11 Å². The van der Waals surface area contributed by atoms with Crippen molar-refractivity contribution >= 4 is 22.9 Å². The van der Waals surface area contributed by atoms with Crippen molar-refractivity contribution in [2.75, 3.05) is 0 Å². The molecule has 0 bridgehead atoms. The van der Waals surface area contributed by atoms with Gasteiger partial charge in [-0.25, -0.2) is 4.98 Å². The zero-order valence-electron chi connectivity index (χ0n) is 13.7. The van der Waals surface area contributed by atoms with Crippen molar-refractivity contribution in [3.8, 4) is 23.1 Å². The van der Waals surface area contributed by atoms with Gasteiger partial charge in [0, 0.05) is 23.4 Å². The molecule has 0 amide bonds. The van der Waals surface area contributed by atoms with Gasteiger partial charge in [0.1, 0.15) is 5.65 Å². The summed E-state index contributed by atoms with van der Waals surface area (Å²) in [5.41, 5.74) is 4.34. The molecule has 26 heavy (non-hydrogen) atoms. The molecule has 2 aromatic heterocycles. The first-order chi connectivity index (χ1) is 12.7. The number of nitrogens with one attached hydrogen (secondary N) is 1. The van der Waals surface area contributed by atoms with Crippen molar-refractivity contribution in [2.45, 2.75) is 0 Å². The van der Waals surface area contributed by atoms with Gasteiger partial charge in [-0.15, -0.1) is 0 Å². The molecule has 0 atom stereocenters. The molecule has 0 radical (unpaired) electrons. The fourth-order valence-electron chi connectivity index (χ4n) is 2.79. The van der Waals surface area contributed by atoms with Crippen LogP contribution >= 0.6 is 0 Å². The van der Waals surface area contributed by atoms with Gasteiger partial charge in [0.2, 0.25) is 0 Å². The summed E-state index contributed by atoms with van der Waals surface area (Å²) < 4.78 is 0. The van der Waals surface area contributed by atoms with Crippen molar-refractivity contribution in [1.82, 2.24) is 9.97 Å². The van der Waals surface area contributed by atoms with E-state index < -0.39 is 0 Å². The Morgan fingerprint density at radius 2 is 1.88 bits per heavy atom. The summed E-state index contributed by atoms with van der Waals surface area (Å²) in [7, 11) is 0. The molecule has 0 aliphatic heterocycles. The molecule has 4 aromatic rings. The molecular formula is C21H14N4O. The molecule has 0 aliphatic carbocycles. The molecule has 0 spiro atoms. The van der Waals surface area contributed by atoms with Crippen LogP contribution in [-0.2, 0) is 0 Å². The first-order valence-corrected chi connectivity index (χ1v) is 8.05. The summed E-state index contributed by atoms with van der Waals surface area (Å²) in [6.45, 7) is 0. The molecule has 0 fully saturated rings. The Labute approximate surface area is 149 Å². The van der Waals surface area contributed by atoms with Gasteiger partial charge in [-0.1, -0.05) is 36.4 Å². The lowest BCUT2D eigenvalue weighted by Crippen LogP contribution is -1.84. The van der Waals surface area contributed by atoms with Gasteiger partial charge < -0.3 is 10.1 Å². The zero-order valence-corrected chi connectivity index (χ0v) is 13.7. The van der Waals surface area contributed by atoms with Crippen molar-refractivity contribution in [1.29, 1.82) is 5.26 Å². The smallest absolute Gasteiger partial charge is 0.199 e. The van der Waals surface area contributed by atoms with Crippen LogP contribution in [0, 0.1) is 11.3 Å². The molecule has 124 valence electrons. The largest absolute Gasteiger partial charge is 0.494 e. The highest BCUT2D eigenvalue weighted by molar-refractivity contribution is 6.02. The van der Waals surface area contributed by atoms with Crippen LogP contribution in [0.15, 0.2) is 71.9 Å². The van der Waals surface area contributed by atoms with E-state index in [0.717, 1.165) is 16.5 Å². The number of aromatic hydroxyl groups is 1. The SMILES string of the molecule is N#Cc1cccc(N=Cc2c(O)[nH]c3ncc(-c4ccccc4)cc23)c1. The number of aliphatic imine (C=N–C) groups is 1. The van der Waals surface area contributed by atoms with Crippen molar-refractivity contribution in [3.05, 3.63) is 78.0 Å². The summed E-state index contributed by atoms with van der Waals surface area (Å²) in [5.74, 6) is 0.0119. The highest BCUT2D eigenvalue weighted by atomic mass is 16.3. The second-order valence-corrected chi connectivity index (χ2v) is 5.79. The van der Waals surface area contributed by atoms with Crippen LogP contribution in [0.2, 0.25) is 0 Å². The second-order valence-electron chi connectivity index (χ2n) is 5.79. The third-order valence-electron chi connectivity index (χ3n) is 4.09. The number of benzene rings is 2. The predicted molar refractivity (Wildman–Crippen MR) is 102 cm³/mol. The minimum absolute atomic E-state index is 0.0119. The van der Waals surface area contributed by atoms with Crippen molar-refractivity contribution in [2.24, 2.45) is 4.99 Å². The van der Waals surface area contributed by atoms with Gasteiger partial charge >= 0.3 is 0 Å². The van der Waals surface area contributed by atoms with Crippen LogP contribution in [0.1, 0.15) is 11.1 Å². The average molecular weight is 338 g/mol. The normalized spacial score (nSPS) is 11.0. The number of hydrogen-bond acceptors (Lipinski definition) is 4. The summed E-state index contributed by atoms with van der Waals surface area (Å²) in [4.78, 5) is 11.7. The molecule has 2 N–H and O–H groups in total. The molecule has 0 saturated carbocycles. The number of rotatable bonds is 3. The van der Waals surface area contributed by atoms with Crippen molar-refractivity contribution in [3.63, 3.8) is 0 Å². The van der Waals surface area contributed by atoms with Crippen LogP contribution < -0.4 is 0 Å². The number of aromatic nitrogens is 2. The number of H-pyrrole nitrogens is 1. The monoisotopic (exact) mass is 338 g/mol. The van der Waals surface area contributed by atoms with Gasteiger partial charge in [0.15, 0.2) is 5.88 Å². The molecule has 0 aliphatic rings. The molecule has 2 heterocycles. The lowest BCUT2D eigenvalue weighted by molar-refractivity contribution is 0.457. The Morgan fingerprint density at radius 1 is 1.04 bits per heavy atom. The standard InChI is InChI=1S/C21H14N4O/c22-11-14-5-4-8-17(9-14)23-13-19-18-10-16(15-6-2-1-3-7-15)12-24-20(18)25-21(19)26/h1-10,12-13,26H,(H,24,25). The quantitative estimate of drug-likeness (QED) is 0.537. The van der Waals surface area contributed by atoms with Gasteiger partial charge in [-0.3, -0.25) is 4.99 Å². The zero-order chi connectivity index (χ0) is 17.9. The minimum Gasteiger partial charge on any atom is -0.494 e. The molecule has 5 nitrogen and oxygen atoms in total. The molecule has 4 rings (SSSR count). The lowest BCUT2D eigenvalue weighted by Gasteiger charge is -2.01. The first-order valence-electron chi connectivity index (χ1n) is 8.05. The Bertz CT molecular complexity index is 1150. The second kappa shape index (κ2) is 6.54. The van der Waals surface area contributed by atoms with E-state index in [2.05, 4.69) is 21.0 Å². The molecule has 2 aromatic carbocycles. The summed E-state index contributed by atoms with van der Waals surface area (Å²) >= 11 is 0. The highest BCUT2D eigenvalue weighted by Crippen LogP contribution is 2.29. The number of aromatic amines is 1. The lowest BCUT2D eigenvalue weighted by atomic mass is 10.1. The van der Waals surface area contributed by atoms with E-state index in [-0.39, 0.29) is 5.88 Å². The Hall–Kier alpha value is -3.91. The summed E-state index contributed by atoms with van der Waals surface area (Å²) in [6, 6.07) is 21.0. The Kier molecular flexibility index (Phi) is 3.92. The number of pyridine rings is 1. The van der Waals surface area contributed by atoms with Gasteiger partial charge in [0.05, 0.1) is 22.9 Å². The van der Waals surface area contributed by atoms with E-state index in [0.29, 0.717) is 22.5 Å². The van der Waals surface area contributed by atoms with Crippen LogP contribution in [0.3, 0.4) is 0 Å². The number of hydrogen-bond donors (Lipinski definition) is 2. The van der Waals surface area contributed by atoms with Crippen LogP contribution in [-0.4, -0.2) is 21.3 Å². The molecule has 5 heteroatoms. The van der Waals surface area contributed by atoms with E-state index in [1.165, 1.54) is 0 Å². The Morgan fingerprint density at radius 3 is 2.69 bits per heavy atom. The Balaban J connectivity index is 1.78. The molecule has 0 unspecified atom stereocenters. The maximum absolute atomic E-state index is 10.2. The van der Waals surface area contributed by atoms with Gasteiger partial charge in [-0.05, 0) is 29.8 Å². The fraction of sp³-hybridized carbons (Fsp3) is 0. The summed E-state index contributed by atoms with van der Waals surface area (Å²) in [5, 5.41) is 20.0. The topological polar surface area (TPSA) is 85.1 Å². The van der Waals surface area contributed by atoms with Gasteiger partial charge in [0.25, 0.3) is 0 Å². The van der Waals surface area contributed by atoms with Crippen LogP contribution in [0.25, 0.3) is 22.2 Å². The average Bonchev–Trinajstić information content (AvgIpc) is 3.01. The maximum atomic E-state index is 10.2. The number of nitriles is 1. The third kappa shape index (κ3) is 2.92. The van der Waals surface area contributed by atoms with Crippen LogP contribution in [0.4, 0.5) is 5.69 Å². The predicted octanol–water partition coefficient (Wildman–Crippen LogP) is 4.56. The van der Waals surface area contributed by atoms with E-state index in [1.54, 1.807) is 36.7 Å². The minimum atomic E-state index is 0.0119. The summed E-state index contributed by atoms with van der Waals surface area (Å²) in [6.07, 6.45) is 3.35. The van der Waals surface area contributed by atoms with E-state index in [4.69, 9.17) is 5.26 Å². The molecule has 0 saturated heterocycles. The maximum Gasteiger partial charge on any atom is 0.199 e.